The number of ether oxygens (including phenoxy) is 1. The van der Waals surface area contributed by atoms with Gasteiger partial charge in [-0.2, -0.15) is 0 Å². The Balaban J connectivity index is 1.67. The summed E-state index contributed by atoms with van der Waals surface area (Å²) >= 11 is 0. The molecule has 1 saturated heterocycles. The fraction of sp³-hybridized carbons (Fsp3) is 0.364. The van der Waals surface area contributed by atoms with Crippen LogP contribution in [0, 0.1) is 0 Å². The Bertz CT molecular complexity index is 872. The Morgan fingerprint density at radius 2 is 1.62 bits per heavy atom. The molecule has 0 bridgehead atoms. The van der Waals surface area contributed by atoms with Gasteiger partial charge in [0.25, 0.3) is 11.8 Å². The molecular weight excluding hydrogens is 370 g/mol. The lowest BCUT2D eigenvalue weighted by molar-refractivity contribution is 0.0526. The smallest absolute Gasteiger partial charge is 0.338 e. The minimum absolute atomic E-state index is 0.139. The van der Waals surface area contributed by atoms with E-state index in [0.717, 1.165) is 38.8 Å². The summed E-state index contributed by atoms with van der Waals surface area (Å²) in [6, 6.07) is 11.3. The molecular formula is C22H25N3O4. The number of carbonyl (C=O) groups is 3. The van der Waals surface area contributed by atoms with Crippen LogP contribution in [0.1, 0.15) is 63.9 Å². The molecule has 1 aromatic heterocycles. The van der Waals surface area contributed by atoms with Gasteiger partial charge in [0.05, 0.1) is 12.2 Å². The number of nitrogens with one attached hydrogen (secondary N) is 1. The molecule has 1 fully saturated rings. The van der Waals surface area contributed by atoms with E-state index in [1.807, 2.05) is 4.90 Å². The maximum atomic E-state index is 12.7. The van der Waals surface area contributed by atoms with E-state index in [9.17, 15) is 14.4 Å². The number of likely N-dealkylation sites (tertiary alicyclic amines) is 1. The van der Waals surface area contributed by atoms with Crippen molar-refractivity contribution in [3.8, 4) is 0 Å². The number of anilines is 1. The average molecular weight is 395 g/mol. The second-order valence-electron chi connectivity index (χ2n) is 6.87. The first-order valence-corrected chi connectivity index (χ1v) is 9.93. The van der Waals surface area contributed by atoms with Crippen LogP contribution in [0.2, 0.25) is 0 Å². The van der Waals surface area contributed by atoms with E-state index in [-0.39, 0.29) is 17.3 Å². The third-order valence-corrected chi connectivity index (χ3v) is 4.75. The summed E-state index contributed by atoms with van der Waals surface area (Å²) in [6.07, 6.45) is 4.25. The molecule has 0 unspecified atom stereocenters. The van der Waals surface area contributed by atoms with E-state index in [4.69, 9.17) is 4.74 Å². The summed E-state index contributed by atoms with van der Waals surface area (Å²) in [5.41, 5.74) is 1.37. The van der Waals surface area contributed by atoms with Crippen molar-refractivity contribution < 1.29 is 19.1 Å². The van der Waals surface area contributed by atoms with Crippen LogP contribution >= 0.6 is 0 Å². The molecule has 3 rings (SSSR count). The van der Waals surface area contributed by atoms with Gasteiger partial charge in [0, 0.05) is 18.8 Å². The fourth-order valence-corrected chi connectivity index (χ4v) is 3.22. The second-order valence-corrected chi connectivity index (χ2v) is 6.87. The molecule has 7 heteroatoms. The molecule has 152 valence electrons. The van der Waals surface area contributed by atoms with Crippen molar-refractivity contribution in [2.24, 2.45) is 0 Å². The molecule has 2 aromatic rings. The number of aromatic nitrogens is 1. The minimum atomic E-state index is -0.417. The van der Waals surface area contributed by atoms with Gasteiger partial charge < -0.3 is 15.0 Å². The van der Waals surface area contributed by atoms with Crippen molar-refractivity contribution in [2.45, 2.75) is 32.6 Å². The number of nitrogens with zero attached hydrogens (tertiary/aromatic N) is 2. The Morgan fingerprint density at radius 3 is 2.28 bits per heavy atom. The second kappa shape index (κ2) is 9.82. The van der Waals surface area contributed by atoms with E-state index >= 15 is 0 Å². The zero-order valence-corrected chi connectivity index (χ0v) is 16.5. The predicted octanol–water partition coefficient (Wildman–Crippen LogP) is 3.53. The number of amides is 2. The molecule has 0 spiro atoms. The normalized spacial score (nSPS) is 14.0. The topological polar surface area (TPSA) is 88.6 Å². The highest BCUT2D eigenvalue weighted by Crippen LogP contribution is 2.14. The van der Waals surface area contributed by atoms with Crippen LogP contribution < -0.4 is 5.32 Å². The van der Waals surface area contributed by atoms with Gasteiger partial charge in [-0.1, -0.05) is 18.9 Å². The Morgan fingerprint density at radius 1 is 0.966 bits per heavy atom. The van der Waals surface area contributed by atoms with E-state index in [1.165, 1.54) is 0 Å². The number of pyridine rings is 1. The molecule has 1 N–H and O–H groups in total. The Hall–Kier alpha value is -3.22. The zero-order chi connectivity index (χ0) is 20.6. The van der Waals surface area contributed by atoms with Gasteiger partial charge in [-0.15, -0.1) is 0 Å². The molecule has 0 saturated carbocycles. The Kier molecular flexibility index (Phi) is 6.94. The lowest BCUT2D eigenvalue weighted by atomic mass is 10.2. The number of carbonyl (C=O) groups excluding carboxylic acids is 3. The molecule has 0 aliphatic carbocycles. The monoisotopic (exact) mass is 395 g/mol. The standard InChI is InChI=1S/C22H25N3O4/c1-2-29-22(28)16-10-12-17(13-11-16)23-20(26)18-8-7-9-19(24-18)21(27)25-14-5-3-4-6-15-25/h7-13H,2-6,14-15H2,1H3,(H,23,26). The highest BCUT2D eigenvalue weighted by molar-refractivity contribution is 6.04. The fourth-order valence-electron chi connectivity index (χ4n) is 3.22. The molecule has 7 nitrogen and oxygen atoms in total. The van der Waals surface area contributed by atoms with E-state index in [0.29, 0.717) is 17.9 Å². The first-order valence-electron chi connectivity index (χ1n) is 9.93. The summed E-state index contributed by atoms with van der Waals surface area (Å²) in [6.45, 7) is 3.49. The van der Waals surface area contributed by atoms with Crippen molar-refractivity contribution in [1.29, 1.82) is 0 Å². The molecule has 1 aromatic carbocycles. The van der Waals surface area contributed by atoms with Gasteiger partial charge in [-0.05, 0) is 56.2 Å². The van der Waals surface area contributed by atoms with Crippen molar-refractivity contribution in [3.63, 3.8) is 0 Å². The van der Waals surface area contributed by atoms with Gasteiger partial charge >= 0.3 is 5.97 Å². The lowest BCUT2D eigenvalue weighted by Gasteiger charge is -2.19. The SMILES string of the molecule is CCOC(=O)c1ccc(NC(=O)c2cccc(C(=O)N3CCCCCC3)n2)cc1. The van der Waals surface area contributed by atoms with Gasteiger partial charge in [0.1, 0.15) is 11.4 Å². The van der Waals surface area contributed by atoms with Crippen molar-refractivity contribution in [1.82, 2.24) is 9.88 Å². The predicted molar refractivity (Wildman–Crippen MR) is 109 cm³/mol. The largest absolute Gasteiger partial charge is 0.462 e. The minimum Gasteiger partial charge on any atom is -0.462 e. The van der Waals surface area contributed by atoms with E-state index in [2.05, 4.69) is 10.3 Å². The van der Waals surface area contributed by atoms with E-state index < -0.39 is 11.9 Å². The number of esters is 1. The van der Waals surface area contributed by atoms with Gasteiger partial charge in [-0.25, -0.2) is 9.78 Å². The number of hydrogen-bond acceptors (Lipinski definition) is 5. The number of rotatable bonds is 5. The van der Waals surface area contributed by atoms with Crippen LogP contribution in [-0.4, -0.2) is 47.4 Å². The van der Waals surface area contributed by atoms with Crippen LogP contribution in [0.4, 0.5) is 5.69 Å². The summed E-state index contributed by atoms with van der Waals surface area (Å²) in [5.74, 6) is -0.966. The number of benzene rings is 1. The van der Waals surface area contributed by atoms with Gasteiger partial charge in [-0.3, -0.25) is 9.59 Å². The van der Waals surface area contributed by atoms with Crippen LogP contribution in [0.5, 0.6) is 0 Å². The molecule has 1 aliphatic rings. The first kappa shape index (κ1) is 20.5. The highest BCUT2D eigenvalue weighted by Gasteiger charge is 2.20. The molecule has 0 atom stereocenters. The van der Waals surface area contributed by atoms with Crippen LogP contribution in [0.25, 0.3) is 0 Å². The summed E-state index contributed by atoms with van der Waals surface area (Å²) in [5, 5.41) is 2.73. The average Bonchev–Trinajstić information content (AvgIpc) is 3.03. The Labute approximate surface area is 170 Å². The summed E-state index contributed by atoms with van der Waals surface area (Å²) in [4.78, 5) is 43.1. The van der Waals surface area contributed by atoms with Crippen molar-refractivity contribution in [3.05, 3.63) is 59.4 Å². The number of hydrogen-bond donors (Lipinski definition) is 1. The maximum absolute atomic E-state index is 12.7. The van der Waals surface area contributed by atoms with Crippen molar-refractivity contribution >= 4 is 23.5 Å². The maximum Gasteiger partial charge on any atom is 0.338 e. The molecule has 1 aliphatic heterocycles. The molecule has 0 radical (unpaired) electrons. The van der Waals surface area contributed by atoms with E-state index in [1.54, 1.807) is 49.4 Å². The third kappa shape index (κ3) is 5.40. The summed E-state index contributed by atoms with van der Waals surface area (Å²) < 4.78 is 4.94. The molecule has 2 heterocycles. The van der Waals surface area contributed by atoms with Gasteiger partial charge in [0.2, 0.25) is 0 Å². The first-order chi connectivity index (χ1) is 14.1. The quantitative estimate of drug-likeness (QED) is 0.783. The zero-order valence-electron chi connectivity index (χ0n) is 16.5. The summed E-state index contributed by atoms with van der Waals surface area (Å²) in [7, 11) is 0. The highest BCUT2D eigenvalue weighted by atomic mass is 16.5. The van der Waals surface area contributed by atoms with Crippen LogP contribution in [-0.2, 0) is 4.74 Å². The molecule has 2 amide bonds. The van der Waals surface area contributed by atoms with Gasteiger partial charge in [0.15, 0.2) is 0 Å². The third-order valence-electron chi connectivity index (χ3n) is 4.75. The van der Waals surface area contributed by atoms with Crippen LogP contribution in [0.15, 0.2) is 42.5 Å². The molecule has 29 heavy (non-hydrogen) atoms. The lowest BCUT2D eigenvalue weighted by Crippen LogP contribution is -2.32. The van der Waals surface area contributed by atoms with Crippen molar-refractivity contribution in [2.75, 3.05) is 25.0 Å². The van der Waals surface area contributed by atoms with Crippen LogP contribution in [0.3, 0.4) is 0 Å².